The molecule has 0 unspecified atom stereocenters. The van der Waals surface area contributed by atoms with Gasteiger partial charge in [0.15, 0.2) is 0 Å². The van der Waals surface area contributed by atoms with Crippen molar-refractivity contribution < 1.29 is 23.9 Å². The van der Waals surface area contributed by atoms with Crippen molar-refractivity contribution >= 4 is 47.2 Å². The predicted octanol–water partition coefficient (Wildman–Crippen LogP) is 1.80. The highest BCUT2D eigenvalue weighted by atomic mass is 32.1. The maximum atomic E-state index is 14.4. The number of halogens is 1. The quantitative estimate of drug-likeness (QED) is 0.109. The molecular weight excluding hydrogens is 607 g/mol. The Morgan fingerprint density at radius 1 is 1.02 bits per heavy atom. The number of nitrogens with zero attached hydrogens (tertiary/aromatic N) is 3. The van der Waals surface area contributed by atoms with Gasteiger partial charge in [0, 0.05) is 25.2 Å². The van der Waals surface area contributed by atoms with Crippen molar-refractivity contribution in [3.8, 4) is 0 Å². The summed E-state index contributed by atoms with van der Waals surface area (Å²) in [5.74, 6) is -2.40. The zero-order valence-corrected chi connectivity index (χ0v) is 24.7. The topological polar surface area (TPSA) is 214 Å². The Labute approximate surface area is 258 Å². The smallest absolute Gasteiger partial charge is 0.309 e. The van der Waals surface area contributed by atoms with Gasteiger partial charge in [-0.3, -0.25) is 24.0 Å². The number of fused-ring (bicyclic) bond motifs is 4. The lowest BCUT2D eigenvalue weighted by molar-refractivity contribution is -0.158. The summed E-state index contributed by atoms with van der Waals surface area (Å²) in [6, 6.07) is 5.49. The molecule has 0 spiro atoms. The molecule has 2 aromatic heterocycles. The van der Waals surface area contributed by atoms with E-state index in [1.54, 1.807) is 0 Å². The fourth-order valence-corrected chi connectivity index (χ4v) is 6.55. The van der Waals surface area contributed by atoms with E-state index in [9.17, 15) is 33.5 Å². The van der Waals surface area contributed by atoms with Crippen LogP contribution in [0, 0.1) is 21.4 Å². The number of hydrogen-bond acceptors (Lipinski definition) is 10. The number of carbonyl (C=O) groups is 3. The molecule has 2 aromatic carbocycles. The molecule has 7 N–H and O–H groups in total. The zero-order valence-electron chi connectivity index (χ0n) is 23.9. The van der Waals surface area contributed by atoms with Gasteiger partial charge in [0.1, 0.15) is 28.6 Å². The summed E-state index contributed by atoms with van der Waals surface area (Å²) >= 11 is 5.28. The maximum absolute atomic E-state index is 14.4. The molecule has 14 nitrogen and oxygen atoms in total. The fourth-order valence-electron chi connectivity index (χ4n) is 6.32. The van der Waals surface area contributed by atoms with Crippen molar-refractivity contribution in [1.82, 2.24) is 30.2 Å². The zero-order chi connectivity index (χ0) is 32.1. The maximum Gasteiger partial charge on any atom is 0.309 e. The number of nitrogens with two attached hydrogens (primary N) is 1. The summed E-state index contributed by atoms with van der Waals surface area (Å²) < 4.78 is 15.8. The molecule has 0 radical (unpaired) electrons. The Hall–Kier alpha value is -4.99. The summed E-state index contributed by atoms with van der Waals surface area (Å²) in [6.45, 7) is 0.224. The highest BCUT2D eigenvalue weighted by molar-refractivity contribution is 7.71. The fraction of sp³-hybridized carbons (Fsp3) is 0.379. The molecule has 3 fully saturated rings. The van der Waals surface area contributed by atoms with Gasteiger partial charge in [-0.2, -0.15) is 0 Å². The van der Waals surface area contributed by atoms with Crippen LogP contribution in [0.5, 0.6) is 0 Å². The number of rotatable bonds is 10. The highest BCUT2D eigenvalue weighted by Gasteiger charge is 2.52. The third-order valence-electron chi connectivity index (χ3n) is 9.30. The molecule has 0 aliphatic heterocycles. The second kappa shape index (κ2) is 11.2. The van der Waals surface area contributed by atoms with E-state index >= 15 is 0 Å². The van der Waals surface area contributed by atoms with Crippen molar-refractivity contribution in [3.05, 3.63) is 77.8 Å². The number of aliphatic carboxylic acids is 1. The van der Waals surface area contributed by atoms with Crippen LogP contribution in [-0.4, -0.2) is 49.0 Å². The first kappa shape index (κ1) is 30.1. The Balaban J connectivity index is 1.14. The van der Waals surface area contributed by atoms with Crippen LogP contribution >= 0.6 is 12.2 Å². The minimum absolute atomic E-state index is 0.00298. The van der Waals surface area contributed by atoms with Crippen molar-refractivity contribution in [2.24, 2.45) is 10.8 Å². The number of amides is 2. The molecule has 45 heavy (non-hydrogen) atoms. The third kappa shape index (κ3) is 5.34. The number of nitrogen functional groups attached to an aromatic ring is 1. The minimum atomic E-state index is -0.788. The minimum Gasteiger partial charge on any atom is -0.481 e. The normalized spacial score (nSPS) is 20.7. The van der Waals surface area contributed by atoms with Gasteiger partial charge in [0.05, 0.1) is 5.41 Å². The molecule has 3 aliphatic carbocycles. The van der Waals surface area contributed by atoms with Gasteiger partial charge >= 0.3 is 5.97 Å². The molecule has 2 bridgehead atoms. The van der Waals surface area contributed by atoms with E-state index in [0.717, 1.165) is 0 Å². The summed E-state index contributed by atoms with van der Waals surface area (Å²) in [4.78, 5) is 65.6. The summed E-state index contributed by atoms with van der Waals surface area (Å²) in [7, 11) is 0. The van der Waals surface area contributed by atoms with Crippen LogP contribution in [-0.2, 0) is 17.9 Å². The van der Waals surface area contributed by atoms with E-state index in [4.69, 9.17) is 18.0 Å². The number of carboxylic acid groups (broad SMARTS) is 1. The summed E-state index contributed by atoms with van der Waals surface area (Å²) in [5, 5.41) is 24.6. The van der Waals surface area contributed by atoms with Crippen LogP contribution < -0.4 is 32.5 Å². The van der Waals surface area contributed by atoms with Crippen molar-refractivity contribution in [3.63, 3.8) is 0 Å². The first-order valence-corrected chi connectivity index (χ1v) is 14.7. The van der Waals surface area contributed by atoms with Crippen molar-refractivity contribution in [1.29, 1.82) is 0 Å². The van der Waals surface area contributed by atoms with E-state index < -0.39 is 39.9 Å². The van der Waals surface area contributed by atoms with Crippen LogP contribution in [0.1, 0.15) is 70.6 Å². The highest BCUT2D eigenvalue weighted by Crippen LogP contribution is 2.56. The Morgan fingerprint density at radius 2 is 1.73 bits per heavy atom. The number of anilines is 2. The molecule has 234 valence electrons. The monoisotopic (exact) mass is 636 g/mol. The second-order valence-corrected chi connectivity index (χ2v) is 12.3. The number of aromatic amines is 1. The lowest BCUT2D eigenvalue weighted by Gasteiger charge is -2.51. The second-order valence-electron chi connectivity index (χ2n) is 11.9. The molecule has 7 rings (SSSR count). The molecule has 0 saturated heterocycles. The SMILES string of the molecule is Nc1c(NCc2cc(CNC(=O)c3cc(C(=O)NCC45CCC(C(=O)O)(CC4)CC5)nc4n[nH]c(=S)n34)ccc2F)c(=O)c1=O. The standard InChI is InChI=1S/C29H29FN8O6S/c30-16-2-1-14(9-15(16)12-32-20-19(31)21(39)22(20)40)11-33-24(42)18-10-17(35-26-36-37-27(45)38(18)26)23(41)34-13-28-3-6-29(7-4-28,8-5-28)25(43)44/h1-2,9-10,32H,3-8,11-13,31H2,(H,33,42)(H,34,41)(H,37,45)(H,43,44). The first-order chi connectivity index (χ1) is 21.4. The number of carbonyl (C=O) groups excluding carboxylic acids is 2. The largest absolute Gasteiger partial charge is 0.481 e. The molecule has 2 heterocycles. The first-order valence-electron chi connectivity index (χ1n) is 14.3. The number of hydrogen-bond donors (Lipinski definition) is 6. The van der Waals surface area contributed by atoms with Crippen molar-refractivity contribution in [2.75, 3.05) is 17.6 Å². The van der Waals surface area contributed by atoms with Gasteiger partial charge in [-0.05, 0) is 79.9 Å². The average molecular weight is 637 g/mol. The van der Waals surface area contributed by atoms with Gasteiger partial charge in [0.25, 0.3) is 28.4 Å². The molecule has 2 amide bonds. The van der Waals surface area contributed by atoms with Crippen LogP contribution in [0.2, 0.25) is 0 Å². The third-order valence-corrected chi connectivity index (χ3v) is 9.57. The Kier molecular flexibility index (Phi) is 7.46. The van der Waals surface area contributed by atoms with Crippen LogP contribution in [0.25, 0.3) is 5.78 Å². The molecule has 3 saturated carbocycles. The number of carboxylic acids is 1. The summed E-state index contributed by atoms with van der Waals surface area (Å²) in [6.07, 6.45) is 3.87. The predicted molar refractivity (Wildman–Crippen MR) is 161 cm³/mol. The molecule has 0 atom stereocenters. The molecule has 16 heteroatoms. The van der Waals surface area contributed by atoms with Crippen molar-refractivity contribution in [2.45, 2.75) is 51.6 Å². The van der Waals surface area contributed by atoms with Gasteiger partial charge in [0.2, 0.25) is 4.77 Å². The van der Waals surface area contributed by atoms with E-state index in [-0.39, 0.29) is 57.4 Å². The lowest BCUT2D eigenvalue weighted by Crippen LogP contribution is -2.50. The van der Waals surface area contributed by atoms with E-state index in [2.05, 4.69) is 31.1 Å². The number of benzene rings is 1. The van der Waals surface area contributed by atoms with E-state index in [1.807, 2.05) is 0 Å². The van der Waals surface area contributed by atoms with E-state index in [1.165, 1.54) is 28.7 Å². The number of aromatic nitrogens is 4. The van der Waals surface area contributed by atoms with Crippen LogP contribution in [0.4, 0.5) is 15.8 Å². The van der Waals surface area contributed by atoms with Crippen LogP contribution in [0.15, 0.2) is 33.9 Å². The van der Waals surface area contributed by atoms with Gasteiger partial charge in [-0.25, -0.2) is 18.9 Å². The lowest BCUT2D eigenvalue weighted by atomic mass is 9.53. The average Bonchev–Trinajstić information content (AvgIpc) is 3.44. The van der Waals surface area contributed by atoms with Crippen LogP contribution in [0.3, 0.4) is 0 Å². The van der Waals surface area contributed by atoms with Gasteiger partial charge in [-0.15, -0.1) is 5.10 Å². The molecule has 3 aliphatic rings. The van der Waals surface area contributed by atoms with E-state index in [0.29, 0.717) is 50.6 Å². The van der Waals surface area contributed by atoms with Gasteiger partial charge in [-0.1, -0.05) is 6.07 Å². The Morgan fingerprint density at radius 3 is 2.40 bits per heavy atom. The van der Waals surface area contributed by atoms with Gasteiger partial charge < -0.3 is 26.8 Å². The summed E-state index contributed by atoms with van der Waals surface area (Å²) in [5.41, 5.74) is 3.54. The molecular formula is C29H29FN8O6S. The number of nitrogens with one attached hydrogen (secondary N) is 4. The Bertz CT molecular complexity index is 1990. The molecule has 4 aromatic rings. The number of H-pyrrole nitrogens is 1.